The van der Waals surface area contributed by atoms with Gasteiger partial charge in [0.1, 0.15) is 0 Å². The molecule has 0 fully saturated rings. The van der Waals surface area contributed by atoms with Crippen LogP contribution in [0.5, 0.6) is 0 Å². The summed E-state index contributed by atoms with van der Waals surface area (Å²) in [5.41, 5.74) is 1.81. The van der Waals surface area contributed by atoms with Gasteiger partial charge in [0, 0.05) is 27.8 Å². The first kappa shape index (κ1) is 22.9. The molecule has 0 aliphatic heterocycles. The minimum absolute atomic E-state index is 0.00121. The average Bonchev–Trinajstić information content (AvgIpc) is 2.58. The molecule has 5 heteroatoms. The van der Waals surface area contributed by atoms with Crippen molar-refractivity contribution >= 4 is 35.7 Å². The molecule has 2 rings (SSSR count). The van der Waals surface area contributed by atoms with E-state index in [1.165, 1.54) is 0 Å². The molecule has 152 valence electrons. The third-order valence-electron chi connectivity index (χ3n) is 5.33. The summed E-state index contributed by atoms with van der Waals surface area (Å²) in [6.07, 6.45) is 0. The molecule has 0 heterocycles. The quantitative estimate of drug-likeness (QED) is 0.360. The van der Waals surface area contributed by atoms with Gasteiger partial charge >= 0.3 is 0 Å². The highest BCUT2D eigenvalue weighted by molar-refractivity contribution is 9.10. The van der Waals surface area contributed by atoms with Gasteiger partial charge in [0.05, 0.1) is 5.60 Å². The predicted molar refractivity (Wildman–Crippen MR) is 125 cm³/mol. The van der Waals surface area contributed by atoms with Crippen LogP contribution in [0.3, 0.4) is 0 Å². The van der Waals surface area contributed by atoms with Crippen LogP contribution in [0, 0.1) is 0 Å². The Morgan fingerprint density at radius 2 is 1.50 bits per heavy atom. The van der Waals surface area contributed by atoms with Crippen LogP contribution in [-0.4, -0.2) is 26.2 Å². The fourth-order valence-corrected chi connectivity index (χ4v) is 5.04. The maximum atomic E-state index is 13.1. The van der Waals surface area contributed by atoms with E-state index in [0.29, 0.717) is 17.7 Å². The van der Waals surface area contributed by atoms with Crippen LogP contribution >= 0.6 is 15.9 Å². The first-order valence-electron chi connectivity index (χ1n) is 9.66. The van der Waals surface area contributed by atoms with Crippen molar-refractivity contribution < 1.29 is 9.22 Å². The van der Waals surface area contributed by atoms with Gasteiger partial charge in [-0.05, 0) is 56.2 Å². The maximum absolute atomic E-state index is 13.1. The Balaban J connectivity index is 2.20. The Morgan fingerprint density at radius 1 is 0.964 bits per heavy atom. The van der Waals surface area contributed by atoms with Gasteiger partial charge in [-0.2, -0.15) is 0 Å². The number of hydrogen-bond acceptors (Lipinski definition) is 3. The molecular formula is C23H32BrNO2Si. The number of hydrogen-bond donors (Lipinski definition) is 1. The largest absolute Gasteiger partial charge is 0.410 e. The molecule has 0 amide bonds. The van der Waals surface area contributed by atoms with Crippen molar-refractivity contribution in [2.45, 2.75) is 58.4 Å². The summed E-state index contributed by atoms with van der Waals surface area (Å²) < 4.78 is 7.40. The number of carbonyl (C=O) groups is 1. The lowest BCUT2D eigenvalue weighted by molar-refractivity contribution is 0.102. The van der Waals surface area contributed by atoms with E-state index in [1.807, 2.05) is 48.5 Å². The topological polar surface area (TPSA) is 38.3 Å². The lowest BCUT2D eigenvalue weighted by Crippen LogP contribution is -2.49. The molecule has 3 nitrogen and oxygen atoms in total. The highest BCUT2D eigenvalue weighted by Gasteiger charge is 2.41. The number of benzene rings is 2. The summed E-state index contributed by atoms with van der Waals surface area (Å²) in [6.45, 7) is 16.1. The molecule has 0 saturated carbocycles. The smallest absolute Gasteiger partial charge is 0.196 e. The third-order valence-corrected chi connectivity index (χ3v) is 10.7. The van der Waals surface area contributed by atoms with E-state index in [1.54, 1.807) is 0 Å². The highest BCUT2D eigenvalue weighted by atomic mass is 79.9. The van der Waals surface area contributed by atoms with Gasteiger partial charge in [-0.1, -0.05) is 61.0 Å². The standard InChI is InChI=1S/C23H32BrNO2Si/c1-22(2,3)28(6,7)27-23(4,5)16-25-20-15-11-9-13-18(20)21(26)17-12-8-10-14-19(17)24/h8-15,25H,16H2,1-7H3. The molecule has 28 heavy (non-hydrogen) atoms. The Labute approximate surface area is 179 Å². The molecule has 0 spiro atoms. The first-order chi connectivity index (χ1) is 12.8. The van der Waals surface area contributed by atoms with Crippen LogP contribution < -0.4 is 5.32 Å². The van der Waals surface area contributed by atoms with Crippen molar-refractivity contribution in [3.63, 3.8) is 0 Å². The number of nitrogens with one attached hydrogen (secondary N) is 1. The van der Waals surface area contributed by atoms with Gasteiger partial charge in [-0.25, -0.2) is 0 Å². The van der Waals surface area contributed by atoms with Crippen LogP contribution in [-0.2, 0) is 4.43 Å². The van der Waals surface area contributed by atoms with E-state index in [9.17, 15) is 4.79 Å². The van der Waals surface area contributed by atoms with E-state index in [2.05, 4.69) is 69.0 Å². The van der Waals surface area contributed by atoms with Gasteiger partial charge < -0.3 is 9.74 Å². The van der Waals surface area contributed by atoms with Crippen molar-refractivity contribution in [1.82, 2.24) is 0 Å². The number of para-hydroxylation sites is 1. The number of anilines is 1. The van der Waals surface area contributed by atoms with Gasteiger partial charge in [0.2, 0.25) is 0 Å². The van der Waals surface area contributed by atoms with Gasteiger partial charge in [-0.15, -0.1) is 0 Å². The zero-order chi connectivity index (χ0) is 21.2. The molecule has 2 aromatic rings. The van der Waals surface area contributed by atoms with Crippen molar-refractivity contribution in [3.05, 3.63) is 64.1 Å². The lowest BCUT2D eigenvalue weighted by atomic mass is 10.0. The van der Waals surface area contributed by atoms with Gasteiger partial charge in [-0.3, -0.25) is 4.79 Å². The summed E-state index contributed by atoms with van der Waals surface area (Å²) in [7, 11) is -1.89. The first-order valence-corrected chi connectivity index (χ1v) is 13.4. The van der Waals surface area contributed by atoms with Gasteiger partial charge in [0.25, 0.3) is 0 Å². The fourth-order valence-electron chi connectivity index (χ4n) is 2.81. The molecule has 2 aromatic carbocycles. The summed E-state index contributed by atoms with van der Waals surface area (Å²) >= 11 is 3.48. The molecule has 0 aliphatic rings. The fraction of sp³-hybridized carbons (Fsp3) is 0.435. The second-order valence-corrected chi connectivity index (χ2v) is 14.9. The number of halogens is 1. The Morgan fingerprint density at radius 3 is 2.07 bits per heavy atom. The van der Waals surface area contributed by atoms with Crippen LogP contribution in [0.15, 0.2) is 53.0 Å². The average molecular weight is 463 g/mol. The third kappa shape index (κ3) is 5.55. The van der Waals surface area contributed by atoms with Crippen LogP contribution in [0.4, 0.5) is 5.69 Å². The number of carbonyl (C=O) groups excluding carboxylic acids is 1. The number of ketones is 1. The lowest BCUT2D eigenvalue weighted by Gasteiger charge is -2.43. The second-order valence-electron chi connectivity index (χ2n) is 9.33. The number of rotatable bonds is 7. The second kappa shape index (κ2) is 8.52. The Hall–Kier alpha value is -1.43. The van der Waals surface area contributed by atoms with Crippen molar-refractivity contribution in [2.24, 2.45) is 0 Å². The van der Waals surface area contributed by atoms with E-state index in [-0.39, 0.29) is 16.4 Å². The van der Waals surface area contributed by atoms with E-state index in [0.717, 1.165) is 10.2 Å². The van der Waals surface area contributed by atoms with Crippen LogP contribution in [0.2, 0.25) is 18.1 Å². The van der Waals surface area contributed by atoms with Crippen molar-refractivity contribution in [3.8, 4) is 0 Å². The molecule has 0 aromatic heterocycles. The SMILES string of the molecule is CC(C)(CNc1ccccc1C(=O)c1ccccc1Br)O[Si](C)(C)C(C)(C)C. The minimum atomic E-state index is -1.89. The van der Waals surface area contributed by atoms with Crippen LogP contribution in [0.1, 0.15) is 50.5 Å². The monoisotopic (exact) mass is 461 g/mol. The molecule has 0 radical (unpaired) electrons. The molecule has 0 unspecified atom stereocenters. The Kier molecular flexibility index (Phi) is 6.95. The van der Waals surface area contributed by atoms with Gasteiger partial charge in [0.15, 0.2) is 14.1 Å². The van der Waals surface area contributed by atoms with Crippen molar-refractivity contribution in [1.29, 1.82) is 0 Å². The molecule has 1 N–H and O–H groups in total. The molecule has 0 atom stereocenters. The summed E-state index contributed by atoms with van der Waals surface area (Å²) in [5, 5.41) is 3.61. The summed E-state index contributed by atoms with van der Waals surface area (Å²) in [6, 6.07) is 15.2. The summed E-state index contributed by atoms with van der Waals surface area (Å²) in [4.78, 5) is 13.1. The van der Waals surface area contributed by atoms with E-state index >= 15 is 0 Å². The normalized spacial score (nSPS) is 12.7. The molecular weight excluding hydrogens is 430 g/mol. The van der Waals surface area contributed by atoms with Crippen molar-refractivity contribution in [2.75, 3.05) is 11.9 Å². The van der Waals surface area contributed by atoms with E-state index in [4.69, 9.17) is 4.43 Å². The highest BCUT2D eigenvalue weighted by Crippen LogP contribution is 2.39. The molecule has 0 bridgehead atoms. The van der Waals surface area contributed by atoms with E-state index < -0.39 is 8.32 Å². The predicted octanol–water partition coefficient (Wildman–Crippen LogP) is 6.89. The molecule has 0 saturated heterocycles. The maximum Gasteiger partial charge on any atom is 0.196 e. The minimum Gasteiger partial charge on any atom is -0.410 e. The molecule has 0 aliphatic carbocycles. The summed E-state index contributed by atoms with van der Waals surface area (Å²) in [5.74, 6) is -0.00121. The zero-order valence-corrected chi connectivity index (χ0v) is 20.6. The Bertz CT molecular complexity index is 840. The van der Waals surface area contributed by atoms with Crippen LogP contribution in [0.25, 0.3) is 0 Å². The zero-order valence-electron chi connectivity index (χ0n) is 18.0.